The third kappa shape index (κ3) is 48.4. The summed E-state index contributed by atoms with van der Waals surface area (Å²) in [4.78, 5) is 0. The monoisotopic (exact) mass is 208 g/mol. The minimum atomic E-state index is -1.72. The molecule has 0 saturated carbocycles. The van der Waals surface area contributed by atoms with E-state index in [2.05, 4.69) is 6.92 Å². The van der Waals surface area contributed by atoms with Crippen LogP contribution in [0.1, 0.15) is 19.8 Å². The van der Waals surface area contributed by atoms with Gasteiger partial charge in [0.1, 0.15) is 0 Å². The van der Waals surface area contributed by atoms with Crippen LogP contribution in [0, 0.1) is 0 Å². The van der Waals surface area contributed by atoms with E-state index in [9.17, 15) is 0 Å². The first kappa shape index (κ1) is 12.7. The van der Waals surface area contributed by atoms with Gasteiger partial charge >= 0.3 is 6.73 Å². The van der Waals surface area contributed by atoms with Crippen molar-refractivity contribution in [3.05, 3.63) is 0 Å². The zero-order valence-electron chi connectivity index (χ0n) is 5.28. The van der Waals surface area contributed by atoms with E-state index >= 15 is 0 Å². The molecule has 0 radical (unpaired) electrons. The van der Waals surface area contributed by atoms with Crippen molar-refractivity contribution in [2.75, 3.05) is 6.61 Å². The number of halogens is 3. The molecule has 58 valence electrons. The van der Waals surface area contributed by atoms with Gasteiger partial charge in [0.2, 0.25) is 0 Å². The molecule has 0 aliphatic heterocycles. The van der Waals surface area contributed by atoms with Crippen LogP contribution < -0.4 is 0 Å². The van der Waals surface area contributed by atoms with Crippen LogP contribution in [0.25, 0.3) is 0 Å². The summed E-state index contributed by atoms with van der Waals surface area (Å²) in [5.41, 5.74) is 0. The van der Waals surface area contributed by atoms with E-state index in [4.69, 9.17) is 38.3 Å². The molecule has 0 bridgehead atoms. The molecule has 9 heavy (non-hydrogen) atoms. The van der Waals surface area contributed by atoms with Gasteiger partial charge in [-0.3, -0.25) is 0 Å². The van der Waals surface area contributed by atoms with Gasteiger partial charge in [0.25, 0.3) is 0 Å². The number of unbranched alkanes of at least 4 members (excludes halogenated alkanes) is 1. The second-order valence-electron chi connectivity index (χ2n) is 1.32. The summed E-state index contributed by atoms with van der Waals surface area (Å²) in [6, 6.07) is 0. The molecule has 0 spiro atoms. The molecule has 1 nitrogen and oxygen atoms in total. The summed E-state index contributed by atoms with van der Waals surface area (Å²) in [7, 11) is 0. The third-order valence-corrected chi connectivity index (χ3v) is 0.512. The Morgan fingerprint density at radius 1 is 1.33 bits per heavy atom. The molecule has 0 amide bonds. The lowest BCUT2D eigenvalue weighted by Gasteiger charge is -1.79. The Hall–Kier alpha value is 1.05. The van der Waals surface area contributed by atoms with Crippen LogP contribution in [0.2, 0.25) is 0 Å². The highest BCUT2D eigenvalue weighted by Gasteiger charge is 1.85. The van der Waals surface area contributed by atoms with E-state index in [1.54, 1.807) is 0 Å². The number of aliphatic hydroxyl groups is 1. The summed E-state index contributed by atoms with van der Waals surface area (Å²) in [5.74, 6) is 0. The van der Waals surface area contributed by atoms with Gasteiger partial charge in [-0.1, -0.05) is 13.3 Å². The summed E-state index contributed by atoms with van der Waals surface area (Å²) in [6.07, 6.45) is 2.04. The second kappa shape index (κ2) is 11.8. The number of rotatable bonds is 2. The van der Waals surface area contributed by atoms with E-state index in [1.165, 1.54) is 0 Å². The topological polar surface area (TPSA) is 20.2 Å². The van der Waals surface area contributed by atoms with Gasteiger partial charge in [-0.15, -0.1) is 33.2 Å². The molecule has 5 heteroatoms. The van der Waals surface area contributed by atoms with Crippen LogP contribution >= 0.6 is 33.2 Å². The molecule has 0 aliphatic carbocycles. The first-order chi connectivity index (χ1) is 4.15. The van der Waals surface area contributed by atoms with Crippen LogP contribution in [0.4, 0.5) is 0 Å². The van der Waals surface area contributed by atoms with Gasteiger partial charge in [-0.05, 0) is 6.42 Å². The summed E-state index contributed by atoms with van der Waals surface area (Å²) >= 11 is 14.8. The highest BCUT2D eigenvalue weighted by atomic mass is 35.8. The first-order valence-corrected chi connectivity index (χ1v) is 7.92. The normalized spacial score (nSPS) is 8.67. The summed E-state index contributed by atoms with van der Waals surface area (Å²) in [6.45, 7) is 0.673. The van der Waals surface area contributed by atoms with Crippen LogP contribution in [0.5, 0.6) is 0 Å². The fourth-order valence-corrected chi connectivity index (χ4v) is 0.158. The molecule has 0 atom stereocenters. The molecular formula is C4H11Cl3OSi. The van der Waals surface area contributed by atoms with Crippen molar-refractivity contribution in [2.45, 2.75) is 19.8 Å². The number of aliphatic hydroxyl groups excluding tert-OH is 1. The van der Waals surface area contributed by atoms with Crippen LogP contribution in [-0.2, 0) is 0 Å². The molecule has 0 rings (SSSR count). The quantitative estimate of drug-likeness (QED) is 0.546. The van der Waals surface area contributed by atoms with Crippen molar-refractivity contribution >= 4 is 40.0 Å². The summed E-state index contributed by atoms with van der Waals surface area (Å²) in [5, 5.41) is 8.07. The van der Waals surface area contributed by atoms with Crippen molar-refractivity contribution in [3.63, 3.8) is 0 Å². The smallest absolute Gasteiger partial charge is 0.326 e. The first-order valence-electron chi connectivity index (χ1n) is 2.68. The SMILES string of the molecule is CCCCO.Cl[SiH](Cl)Cl. The fraction of sp³-hybridized carbons (Fsp3) is 1.00. The summed E-state index contributed by atoms with van der Waals surface area (Å²) < 4.78 is 0. The maximum absolute atomic E-state index is 8.07. The Bertz CT molecular complexity index is 40.0. The van der Waals surface area contributed by atoms with E-state index in [0.29, 0.717) is 6.61 Å². The zero-order valence-corrected chi connectivity index (χ0v) is 8.70. The molecule has 0 aliphatic rings. The number of hydrogen-bond acceptors (Lipinski definition) is 1. The van der Waals surface area contributed by atoms with E-state index in [1.807, 2.05) is 0 Å². The van der Waals surface area contributed by atoms with Gasteiger partial charge in [0.15, 0.2) is 0 Å². The van der Waals surface area contributed by atoms with Crippen LogP contribution in [0.3, 0.4) is 0 Å². The predicted octanol–water partition coefficient (Wildman–Crippen LogP) is 2.20. The van der Waals surface area contributed by atoms with E-state index < -0.39 is 6.73 Å². The largest absolute Gasteiger partial charge is 0.396 e. The average molecular weight is 210 g/mol. The highest BCUT2D eigenvalue weighted by Crippen LogP contribution is 1.97. The fourth-order valence-electron chi connectivity index (χ4n) is 0.158. The van der Waals surface area contributed by atoms with Crippen molar-refractivity contribution in [1.82, 2.24) is 0 Å². The van der Waals surface area contributed by atoms with Crippen LogP contribution in [-0.4, -0.2) is 18.4 Å². The van der Waals surface area contributed by atoms with Gasteiger partial charge in [0, 0.05) is 6.61 Å². The van der Waals surface area contributed by atoms with E-state index in [0.717, 1.165) is 12.8 Å². The van der Waals surface area contributed by atoms with E-state index in [-0.39, 0.29) is 0 Å². The lowest BCUT2D eigenvalue weighted by Crippen LogP contribution is -1.75. The molecule has 0 heterocycles. The third-order valence-electron chi connectivity index (χ3n) is 0.512. The Labute approximate surface area is 71.6 Å². The Balaban J connectivity index is 0. The molecular weight excluding hydrogens is 198 g/mol. The van der Waals surface area contributed by atoms with Crippen molar-refractivity contribution < 1.29 is 5.11 Å². The molecule has 0 fully saturated rings. The van der Waals surface area contributed by atoms with Crippen LogP contribution in [0.15, 0.2) is 0 Å². The molecule has 0 unspecified atom stereocenters. The Morgan fingerprint density at radius 2 is 1.67 bits per heavy atom. The van der Waals surface area contributed by atoms with Crippen molar-refractivity contribution in [1.29, 1.82) is 0 Å². The molecule has 1 N–H and O–H groups in total. The zero-order chi connectivity index (χ0) is 7.70. The van der Waals surface area contributed by atoms with Gasteiger partial charge in [0.05, 0.1) is 0 Å². The lowest BCUT2D eigenvalue weighted by molar-refractivity contribution is 0.287. The predicted molar refractivity (Wildman–Crippen MR) is 46.7 cm³/mol. The maximum atomic E-state index is 8.07. The Morgan fingerprint density at radius 3 is 1.67 bits per heavy atom. The second-order valence-corrected chi connectivity index (χ2v) is 7.76. The van der Waals surface area contributed by atoms with Crippen molar-refractivity contribution in [2.24, 2.45) is 0 Å². The number of hydrogen-bond donors (Lipinski definition) is 1. The highest BCUT2D eigenvalue weighted by molar-refractivity contribution is 7.54. The van der Waals surface area contributed by atoms with Gasteiger partial charge < -0.3 is 5.11 Å². The van der Waals surface area contributed by atoms with Gasteiger partial charge in [-0.2, -0.15) is 0 Å². The maximum Gasteiger partial charge on any atom is 0.326 e. The molecule has 0 aromatic carbocycles. The van der Waals surface area contributed by atoms with Crippen molar-refractivity contribution in [3.8, 4) is 0 Å². The average Bonchev–Trinajstić information content (AvgIpc) is 1.66. The lowest BCUT2D eigenvalue weighted by atomic mass is 10.4. The minimum Gasteiger partial charge on any atom is -0.396 e. The van der Waals surface area contributed by atoms with Gasteiger partial charge in [-0.25, -0.2) is 0 Å². The molecule has 0 saturated heterocycles. The molecule has 0 aromatic rings. The molecule has 0 aromatic heterocycles. The standard InChI is InChI=1S/C4H10O.Cl3HSi/c1-2-3-4-5;1-4(2)3/h5H,2-4H2,1H3;4H. The Kier molecular flexibility index (Phi) is 16.6. The minimum absolute atomic E-state index is 0.344.